The molecule has 2 aromatic rings. The lowest BCUT2D eigenvalue weighted by Crippen LogP contribution is -2.30. The number of amides is 2. The van der Waals surface area contributed by atoms with Crippen LogP contribution in [0.2, 0.25) is 0 Å². The molecule has 0 aliphatic carbocycles. The number of ether oxygens (including phenoxy) is 3. The first-order valence-electron chi connectivity index (χ1n) is 8.00. The molecule has 0 aromatic heterocycles. The standard InChI is InChI=1S/C19H22N2O5/c1-12(26-16-8-6-15(24-3)7-9-16)19(23)21-14-5-10-18(25-4)17(11-14)20-13(2)22/h5-12H,1-4H3,(H,20,22)(H,21,23). The minimum Gasteiger partial charge on any atom is -0.497 e. The van der Waals surface area contributed by atoms with E-state index in [1.54, 1.807) is 56.5 Å². The maximum atomic E-state index is 12.3. The van der Waals surface area contributed by atoms with Gasteiger partial charge in [0, 0.05) is 12.6 Å². The van der Waals surface area contributed by atoms with Crippen molar-refractivity contribution >= 4 is 23.2 Å². The van der Waals surface area contributed by atoms with Gasteiger partial charge < -0.3 is 24.8 Å². The molecule has 26 heavy (non-hydrogen) atoms. The van der Waals surface area contributed by atoms with Crippen LogP contribution in [0.25, 0.3) is 0 Å². The van der Waals surface area contributed by atoms with Crippen molar-refractivity contribution in [1.82, 2.24) is 0 Å². The fraction of sp³-hybridized carbons (Fsp3) is 0.263. The molecule has 0 heterocycles. The second-order valence-corrected chi connectivity index (χ2v) is 5.52. The lowest BCUT2D eigenvalue weighted by atomic mass is 10.2. The third-order valence-electron chi connectivity index (χ3n) is 3.52. The maximum Gasteiger partial charge on any atom is 0.265 e. The van der Waals surface area contributed by atoms with E-state index in [1.165, 1.54) is 14.0 Å². The molecular weight excluding hydrogens is 336 g/mol. The second-order valence-electron chi connectivity index (χ2n) is 5.52. The molecule has 2 aromatic carbocycles. The third-order valence-corrected chi connectivity index (χ3v) is 3.52. The van der Waals surface area contributed by atoms with Crippen molar-refractivity contribution in [3.8, 4) is 17.2 Å². The first-order chi connectivity index (χ1) is 12.4. The molecule has 2 N–H and O–H groups in total. The second kappa shape index (κ2) is 8.75. The van der Waals surface area contributed by atoms with Gasteiger partial charge in [0.2, 0.25) is 5.91 Å². The number of carbonyl (C=O) groups is 2. The van der Waals surface area contributed by atoms with Crippen molar-refractivity contribution < 1.29 is 23.8 Å². The summed E-state index contributed by atoms with van der Waals surface area (Å²) >= 11 is 0. The fourth-order valence-electron chi connectivity index (χ4n) is 2.23. The van der Waals surface area contributed by atoms with E-state index in [0.717, 1.165) is 0 Å². The highest BCUT2D eigenvalue weighted by Gasteiger charge is 2.16. The van der Waals surface area contributed by atoms with E-state index in [0.29, 0.717) is 28.6 Å². The minimum atomic E-state index is -0.713. The molecular formula is C19H22N2O5. The quantitative estimate of drug-likeness (QED) is 0.794. The van der Waals surface area contributed by atoms with E-state index in [1.807, 2.05) is 0 Å². The largest absolute Gasteiger partial charge is 0.497 e. The normalized spacial score (nSPS) is 11.2. The zero-order chi connectivity index (χ0) is 19.1. The van der Waals surface area contributed by atoms with Crippen LogP contribution in [0.1, 0.15) is 13.8 Å². The molecule has 0 aliphatic heterocycles. The maximum absolute atomic E-state index is 12.3. The summed E-state index contributed by atoms with van der Waals surface area (Å²) in [6.45, 7) is 3.05. The van der Waals surface area contributed by atoms with Crippen molar-refractivity contribution in [1.29, 1.82) is 0 Å². The topological polar surface area (TPSA) is 85.9 Å². The summed E-state index contributed by atoms with van der Waals surface area (Å²) < 4.78 is 15.9. The summed E-state index contributed by atoms with van der Waals surface area (Å²) in [6.07, 6.45) is -0.713. The van der Waals surface area contributed by atoms with Gasteiger partial charge in [-0.25, -0.2) is 0 Å². The Morgan fingerprint density at radius 1 is 0.923 bits per heavy atom. The molecule has 2 rings (SSSR count). The lowest BCUT2D eigenvalue weighted by Gasteiger charge is -2.16. The monoisotopic (exact) mass is 358 g/mol. The van der Waals surface area contributed by atoms with E-state index in [4.69, 9.17) is 14.2 Å². The number of hydrogen-bond acceptors (Lipinski definition) is 5. The Morgan fingerprint density at radius 2 is 1.58 bits per heavy atom. The van der Waals surface area contributed by atoms with E-state index < -0.39 is 6.10 Å². The zero-order valence-electron chi connectivity index (χ0n) is 15.2. The van der Waals surface area contributed by atoms with Crippen LogP contribution in [0.4, 0.5) is 11.4 Å². The first-order valence-corrected chi connectivity index (χ1v) is 8.00. The van der Waals surface area contributed by atoms with E-state index >= 15 is 0 Å². The Balaban J connectivity index is 2.04. The van der Waals surface area contributed by atoms with E-state index in [2.05, 4.69) is 10.6 Å². The predicted molar refractivity (Wildman–Crippen MR) is 99.0 cm³/mol. The van der Waals surface area contributed by atoms with Gasteiger partial charge in [-0.1, -0.05) is 0 Å². The van der Waals surface area contributed by atoms with Gasteiger partial charge in [-0.2, -0.15) is 0 Å². The molecule has 0 bridgehead atoms. The van der Waals surface area contributed by atoms with E-state index in [9.17, 15) is 9.59 Å². The highest BCUT2D eigenvalue weighted by atomic mass is 16.5. The SMILES string of the molecule is COc1ccc(OC(C)C(=O)Nc2ccc(OC)c(NC(C)=O)c2)cc1. The van der Waals surface area contributed by atoms with Crippen LogP contribution in [-0.4, -0.2) is 32.1 Å². The fourth-order valence-corrected chi connectivity index (χ4v) is 2.23. The highest BCUT2D eigenvalue weighted by Crippen LogP contribution is 2.28. The molecule has 0 fully saturated rings. The predicted octanol–water partition coefficient (Wildman–Crippen LogP) is 3.07. The molecule has 1 atom stereocenters. The van der Waals surface area contributed by atoms with Crippen molar-refractivity contribution in [3.63, 3.8) is 0 Å². The van der Waals surface area contributed by atoms with Crippen molar-refractivity contribution in [2.24, 2.45) is 0 Å². The Morgan fingerprint density at radius 3 is 2.15 bits per heavy atom. The Bertz CT molecular complexity index is 774. The first kappa shape index (κ1) is 19.1. The number of carbonyl (C=O) groups excluding carboxylic acids is 2. The number of methoxy groups -OCH3 is 2. The van der Waals surface area contributed by atoms with Crippen LogP contribution in [0.3, 0.4) is 0 Å². The molecule has 138 valence electrons. The summed E-state index contributed by atoms with van der Waals surface area (Å²) in [5, 5.41) is 5.41. The molecule has 2 amide bonds. The number of nitrogens with one attached hydrogen (secondary N) is 2. The summed E-state index contributed by atoms with van der Waals surface area (Å²) in [5.74, 6) is 1.21. The van der Waals surface area contributed by atoms with Gasteiger partial charge in [0.25, 0.3) is 5.91 Å². The summed E-state index contributed by atoms with van der Waals surface area (Å²) in [6, 6.07) is 11.9. The minimum absolute atomic E-state index is 0.233. The van der Waals surface area contributed by atoms with E-state index in [-0.39, 0.29) is 11.8 Å². The summed E-state index contributed by atoms with van der Waals surface area (Å²) in [4.78, 5) is 23.6. The van der Waals surface area contributed by atoms with Gasteiger partial charge in [-0.15, -0.1) is 0 Å². The van der Waals surface area contributed by atoms with Crippen LogP contribution in [0.15, 0.2) is 42.5 Å². The zero-order valence-corrected chi connectivity index (χ0v) is 15.2. The Kier molecular flexibility index (Phi) is 6.43. The van der Waals surface area contributed by atoms with Crippen LogP contribution in [-0.2, 0) is 9.59 Å². The molecule has 0 radical (unpaired) electrons. The molecule has 0 spiro atoms. The molecule has 0 saturated heterocycles. The molecule has 7 heteroatoms. The van der Waals surface area contributed by atoms with Gasteiger partial charge in [-0.3, -0.25) is 9.59 Å². The van der Waals surface area contributed by atoms with Gasteiger partial charge in [0.05, 0.1) is 19.9 Å². The lowest BCUT2D eigenvalue weighted by molar-refractivity contribution is -0.122. The number of rotatable bonds is 7. The average Bonchev–Trinajstić information content (AvgIpc) is 2.62. The van der Waals surface area contributed by atoms with Crippen molar-refractivity contribution in [2.75, 3.05) is 24.9 Å². The van der Waals surface area contributed by atoms with Gasteiger partial charge in [0.15, 0.2) is 6.10 Å². The number of anilines is 2. The van der Waals surface area contributed by atoms with Gasteiger partial charge in [-0.05, 0) is 49.4 Å². The number of hydrogen-bond donors (Lipinski definition) is 2. The van der Waals surface area contributed by atoms with Crippen LogP contribution in [0, 0.1) is 0 Å². The van der Waals surface area contributed by atoms with Crippen LogP contribution in [0.5, 0.6) is 17.2 Å². The number of benzene rings is 2. The molecule has 0 aliphatic rings. The summed E-state index contributed by atoms with van der Waals surface area (Å²) in [5.41, 5.74) is 0.992. The van der Waals surface area contributed by atoms with Gasteiger partial charge in [0.1, 0.15) is 17.2 Å². The Labute approximate surface area is 152 Å². The highest BCUT2D eigenvalue weighted by molar-refractivity contribution is 5.96. The van der Waals surface area contributed by atoms with Crippen LogP contribution < -0.4 is 24.8 Å². The smallest absolute Gasteiger partial charge is 0.265 e. The van der Waals surface area contributed by atoms with Gasteiger partial charge >= 0.3 is 0 Å². The summed E-state index contributed by atoms with van der Waals surface area (Å²) in [7, 11) is 3.08. The van der Waals surface area contributed by atoms with Crippen molar-refractivity contribution in [2.45, 2.75) is 20.0 Å². The van der Waals surface area contributed by atoms with Crippen molar-refractivity contribution in [3.05, 3.63) is 42.5 Å². The molecule has 7 nitrogen and oxygen atoms in total. The average molecular weight is 358 g/mol. The Hall–Kier alpha value is -3.22. The third kappa shape index (κ3) is 5.14. The molecule has 1 unspecified atom stereocenters. The van der Waals surface area contributed by atoms with Crippen LogP contribution >= 0.6 is 0 Å². The molecule has 0 saturated carbocycles.